The van der Waals surface area contributed by atoms with Crippen molar-refractivity contribution in [2.45, 2.75) is 23.8 Å². The molecule has 1 nitrogen and oxygen atoms in total. The van der Waals surface area contributed by atoms with Crippen LogP contribution in [0.5, 0.6) is 0 Å². The molecule has 0 aliphatic carbocycles. The first-order valence-electron chi connectivity index (χ1n) is 5.28. The SMILES string of the molecule is Cc1cccc(N2CC3CC(C2)S3)c1. The van der Waals surface area contributed by atoms with Gasteiger partial charge >= 0.3 is 0 Å². The third kappa shape index (κ3) is 1.42. The van der Waals surface area contributed by atoms with Gasteiger partial charge in [0, 0.05) is 29.3 Å². The second-order valence-electron chi connectivity index (χ2n) is 4.36. The summed E-state index contributed by atoms with van der Waals surface area (Å²) in [5.74, 6) is 0. The Morgan fingerprint density at radius 1 is 1.29 bits per heavy atom. The van der Waals surface area contributed by atoms with E-state index in [9.17, 15) is 0 Å². The summed E-state index contributed by atoms with van der Waals surface area (Å²) in [6.45, 7) is 4.68. The molecule has 0 N–H and O–H groups in total. The van der Waals surface area contributed by atoms with Crippen molar-refractivity contribution in [1.82, 2.24) is 0 Å². The maximum absolute atomic E-state index is 2.54. The van der Waals surface area contributed by atoms with Gasteiger partial charge in [-0.05, 0) is 31.0 Å². The number of piperidine rings is 1. The molecule has 3 fully saturated rings. The molecule has 3 heterocycles. The van der Waals surface area contributed by atoms with Crippen molar-refractivity contribution in [2.75, 3.05) is 18.0 Å². The Balaban J connectivity index is 1.82. The van der Waals surface area contributed by atoms with Crippen LogP contribution < -0.4 is 4.90 Å². The summed E-state index contributed by atoms with van der Waals surface area (Å²) in [4.78, 5) is 2.54. The van der Waals surface area contributed by atoms with Crippen LogP contribution in [0.1, 0.15) is 12.0 Å². The Morgan fingerprint density at radius 2 is 2.00 bits per heavy atom. The van der Waals surface area contributed by atoms with E-state index in [4.69, 9.17) is 0 Å². The molecule has 2 unspecified atom stereocenters. The van der Waals surface area contributed by atoms with Crippen LogP contribution in [-0.2, 0) is 0 Å². The molecule has 4 rings (SSSR count). The van der Waals surface area contributed by atoms with Gasteiger partial charge in [-0.25, -0.2) is 0 Å². The molecule has 3 aliphatic heterocycles. The highest BCUT2D eigenvalue weighted by molar-refractivity contribution is 8.02. The van der Waals surface area contributed by atoms with Crippen LogP contribution in [0.2, 0.25) is 0 Å². The smallest absolute Gasteiger partial charge is 0.0369 e. The van der Waals surface area contributed by atoms with Gasteiger partial charge in [-0.3, -0.25) is 0 Å². The zero-order valence-corrected chi connectivity index (χ0v) is 9.26. The Kier molecular flexibility index (Phi) is 1.98. The van der Waals surface area contributed by atoms with Gasteiger partial charge in [0.1, 0.15) is 0 Å². The fourth-order valence-corrected chi connectivity index (χ4v) is 3.80. The number of aryl methyl sites for hydroxylation is 1. The highest BCUT2D eigenvalue weighted by Gasteiger charge is 2.37. The molecule has 3 saturated heterocycles. The van der Waals surface area contributed by atoms with Crippen LogP contribution in [0.4, 0.5) is 5.69 Å². The standard InChI is InChI=1S/C12H15NS/c1-9-3-2-4-10(5-9)13-7-11-6-12(8-13)14-11/h2-5,11-12H,6-8H2,1H3. The molecule has 1 aromatic carbocycles. The molecular weight excluding hydrogens is 190 g/mol. The Bertz CT molecular complexity index is 334. The maximum Gasteiger partial charge on any atom is 0.0369 e. The number of hydrogen-bond donors (Lipinski definition) is 0. The predicted molar refractivity (Wildman–Crippen MR) is 63.2 cm³/mol. The number of fused-ring (bicyclic) bond motifs is 2. The van der Waals surface area contributed by atoms with Crippen molar-refractivity contribution in [2.24, 2.45) is 0 Å². The van der Waals surface area contributed by atoms with Crippen molar-refractivity contribution in [3.05, 3.63) is 29.8 Å². The first-order chi connectivity index (χ1) is 6.81. The summed E-state index contributed by atoms with van der Waals surface area (Å²) in [5, 5.41) is 1.82. The van der Waals surface area contributed by atoms with Gasteiger partial charge in [0.05, 0.1) is 0 Å². The molecule has 14 heavy (non-hydrogen) atoms. The quantitative estimate of drug-likeness (QED) is 0.693. The zero-order chi connectivity index (χ0) is 9.54. The molecule has 0 aromatic heterocycles. The van der Waals surface area contributed by atoms with Crippen molar-refractivity contribution in [3.63, 3.8) is 0 Å². The van der Waals surface area contributed by atoms with Crippen molar-refractivity contribution in [3.8, 4) is 0 Å². The van der Waals surface area contributed by atoms with E-state index >= 15 is 0 Å². The Labute approximate surface area is 89.5 Å². The van der Waals surface area contributed by atoms with E-state index < -0.39 is 0 Å². The monoisotopic (exact) mass is 205 g/mol. The van der Waals surface area contributed by atoms with Gasteiger partial charge in [0.2, 0.25) is 0 Å². The molecule has 74 valence electrons. The summed E-state index contributed by atoms with van der Waals surface area (Å²) in [6.07, 6.45) is 1.45. The van der Waals surface area contributed by atoms with Crippen LogP contribution in [0.15, 0.2) is 24.3 Å². The van der Waals surface area contributed by atoms with E-state index in [1.165, 1.54) is 30.8 Å². The lowest BCUT2D eigenvalue weighted by atomic mass is 10.1. The van der Waals surface area contributed by atoms with Crippen LogP contribution in [-0.4, -0.2) is 23.6 Å². The van der Waals surface area contributed by atoms with Gasteiger partial charge in [-0.15, -0.1) is 0 Å². The molecule has 3 aliphatic rings. The highest BCUT2D eigenvalue weighted by atomic mass is 32.2. The van der Waals surface area contributed by atoms with Crippen LogP contribution >= 0.6 is 11.8 Å². The fraction of sp³-hybridized carbons (Fsp3) is 0.500. The number of rotatable bonds is 1. The number of anilines is 1. The van der Waals surface area contributed by atoms with E-state index in [0.29, 0.717) is 0 Å². The highest BCUT2D eigenvalue weighted by Crippen LogP contribution is 2.42. The fourth-order valence-electron chi connectivity index (χ4n) is 2.39. The third-order valence-electron chi connectivity index (χ3n) is 3.13. The van der Waals surface area contributed by atoms with Crippen LogP contribution in [0.25, 0.3) is 0 Å². The lowest BCUT2D eigenvalue weighted by Gasteiger charge is -2.47. The van der Waals surface area contributed by atoms with E-state index in [0.717, 1.165) is 10.5 Å². The zero-order valence-electron chi connectivity index (χ0n) is 8.44. The number of nitrogens with zero attached hydrogens (tertiary/aromatic N) is 1. The Morgan fingerprint density at radius 3 is 2.64 bits per heavy atom. The molecular formula is C12H15NS. The molecule has 0 saturated carbocycles. The van der Waals surface area contributed by atoms with Gasteiger partial charge in [-0.2, -0.15) is 11.8 Å². The minimum Gasteiger partial charge on any atom is -0.369 e. The van der Waals surface area contributed by atoms with Gasteiger partial charge in [-0.1, -0.05) is 12.1 Å². The second kappa shape index (κ2) is 3.20. The summed E-state index contributed by atoms with van der Waals surface area (Å²) in [7, 11) is 0. The van der Waals surface area contributed by atoms with E-state index in [2.05, 4.69) is 47.9 Å². The lowest BCUT2D eigenvalue weighted by molar-refractivity contribution is 0.557. The van der Waals surface area contributed by atoms with Crippen molar-refractivity contribution in [1.29, 1.82) is 0 Å². The molecule has 0 amide bonds. The minimum absolute atomic E-state index is 0.911. The minimum atomic E-state index is 0.911. The molecule has 1 aromatic rings. The summed E-state index contributed by atoms with van der Waals surface area (Å²) < 4.78 is 0. The second-order valence-corrected chi connectivity index (χ2v) is 5.97. The van der Waals surface area contributed by atoms with Gasteiger partial charge in [0.25, 0.3) is 0 Å². The van der Waals surface area contributed by atoms with Gasteiger partial charge in [0.15, 0.2) is 0 Å². The van der Waals surface area contributed by atoms with E-state index in [-0.39, 0.29) is 0 Å². The number of benzene rings is 1. The number of hydrogen-bond acceptors (Lipinski definition) is 2. The van der Waals surface area contributed by atoms with E-state index in [1.54, 1.807) is 0 Å². The lowest BCUT2D eigenvalue weighted by Crippen LogP contribution is -2.51. The molecule has 2 bridgehead atoms. The predicted octanol–water partition coefficient (Wildman–Crippen LogP) is 2.69. The van der Waals surface area contributed by atoms with Gasteiger partial charge < -0.3 is 4.90 Å². The maximum atomic E-state index is 2.54. The molecule has 2 heteroatoms. The average Bonchev–Trinajstić information content (AvgIpc) is 2.17. The summed E-state index contributed by atoms with van der Waals surface area (Å²) in [5.41, 5.74) is 2.79. The first kappa shape index (κ1) is 8.66. The normalized spacial score (nSPS) is 29.9. The summed E-state index contributed by atoms with van der Waals surface area (Å²) >= 11 is 2.18. The average molecular weight is 205 g/mol. The van der Waals surface area contributed by atoms with E-state index in [1.807, 2.05) is 0 Å². The topological polar surface area (TPSA) is 3.24 Å². The van der Waals surface area contributed by atoms with Crippen molar-refractivity contribution >= 4 is 17.4 Å². The largest absolute Gasteiger partial charge is 0.369 e. The number of thioether (sulfide) groups is 1. The molecule has 2 atom stereocenters. The van der Waals surface area contributed by atoms with Crippen LogP contribution in [0, 0.1) is 6.92 Å². The van der Waals surface area contributed by atoms with Crippen molar-refractivity contribution < 1.29 is 0 Å². The Hall–Kier alpha value is -0.630. The molecule has 0 spiro atoms. The third-order valence-corrected chi connectivity index (χ3v) is 4.58. The first-order valence-corrected chi connectivity index (χ1v) is 6.22. The van der Waals surface area contributed by atoms with Crippen LogP contribution in [0.3, 0.4) is 0 Å². The summed E-state index contributed by atoms with van der Waals surface area (Å²) in [6, 6.07) is 8.87. The molecule has 0 radical (unpaired) electrons.